The molecule has 2 aromatic rings. The molecular weight excluding hydrogens is 256 g/mol. The van der Waals surface area contributed by atoms with Gasteiger partial charge in [0.25, 0.3) is 0 Å². The van der Waals surface area contributed by atoms with E-state index in [-0.39, 0.29) is 6.61 Å². The zero-order valence-electron chi connectivity index (χ0n) is 10.8. The monoisotopic (exact) mass is 272 g/mol. The van der Waals surface area contributed by atoms with Crippen molar-refractivity contribution in [2.45, 2.75) is 19.0 Å². The van der Waals surface area contributed by atoms with Gasteiger partial charge in [0.2, 0.25) is 0 Å². The number of aliphatic hydroxyl groups is 1. The zero-order valence-corrected chi connectivity index (χ0v) is 11.6. The summed E-state index contributed by atoms with van der Waals surface area (Å²) in [6.07, 6.45) is 0. The largest absolute Gasteiger partial charge is 0.394 e. The lowest BCUT2D eigenvalue weighted by molar-refractivity contribution is 0.174. The Morgan fingerprint density at radius 2 is 2.11 bits per heavy atom. The molecule has 98 valence electrons. The van der Waals surface area contributed by atoms with Crippen molar-refractivity contribution in [3.05, 3.63) is 57.8 Å². The summed E-state index contributed by atoms with van der Waals surface area (Å²) in [5.41, 5.74) is 1.26. The molecule has 0 aliphatic carbocycles. The van der Waals surface area contributed by atoms with E-state index in [9.17, 15) is 5.11 Å². The number of hydrogen-bond donors (Lipinski definition) is 2. The lowest BCUT2D eigenvalue weighted by Gasteiger charge is -2.29. The summed E-state index contributed by atoms with van der Waals surface area (Å²) < 4.78 is 0. The van der Waals surface area contributed by atoms with Gasteiger partial charge in [-0.05, 0) is 18.6 Å². The Bertz CT molecular complexity index is 573. The van der Waals surface area contributed by atoms with Gasteiger partial charge in [0, 0.05) is 16.8 Å². The SMILES string of the molecule is CC(CO)(NCc1cc(C#N)cs1)c1ccccc1. The van der Waals surface area contributed by atoms with Crippen molar-refractivity contribution in [3.63, 3.8) is 0 Å². The molecule has 1 unspecified atom stereocenters. The van der Waals surface area contributed by atoms with Crippen LogP contribution in [0.1, 0.15) is 22.9 Å². The number of nitrogens with zero attached hydrogens (tertiary/aromatic N) is 1. The number of aliphatic hydroxyl groups excluding tert-OH is 1. The van der Waals surface area contributed by atoms with E-state index < -0.39 is 5.54 Å². The van der Waals surface area contributed by atoms with Gasteiger partial charge in [0.05, 0.1) is 17.7 Å². The van der Waals surface area contributed by atoms with E-state index in [0.717, 1.165) is 10.4 Å². The van der Waals surface area contributed by atoms with Crippen LogP contribution in [0.15, 0.2) is 41.8 Å². The van der Waals surface area contributed by atoms with Gasteiger partial charge in [-0.1, -0.05) is 30.3 Å². The lowest BCUT2D eigenvalue weighted by atomic mass is 9.93. The summed E-state index contributed by atoms with van der Waals surface area (Å²) in [5, 5.41) is 23.7. The topological polar surface area (TPSA) is 56.0 Å². The molecule has 19 heavy (non-hydrogen) atoms. The first-order valence-corrected chi connectivity index (χ1v) is 6.95. The van der Waals surface area contributed by atoms with E-state index in [1.54, 1.807) is 11.3 Å². The lowest BCUT2D eigenvalue weighted by Crippen LogP contribution is -2.42. The summed E-state index contributed by atoms with van der Waals surface area (Å²) in [6.45, 7) is 2.63. The minimum Gasteiger partial charge on any atom is -0.394 e. The molecule has 0 aliphatic heterocycles. The predicted molar refractivity (Wildman–Crippen MR) is 76.8 cm³/mol. The molecule has 0 spiro atoms. The fourth-order valence-electron chi connectivity index (χ4n) is 1.87. The molecule has 1 aromatic heterocycles. The Hall–Kier alpha value is -1.67. The Kier molecular flexibility index (Phi) is 4.33. The highest BCUT2D eigenvalue weighted by atomic mass is 32.1. The molecule has 3 nitrogen and oxygen atoms in total. The van der Waals surface area contributed by atoms with Crippen LogP contribution in [0.5, 0.6) is 0 Å². The molecule has 1 atom stereocenters. The van der Waals surface area contributed by atoms with E-state index in [4.69, 9.17) is 5.26 Å². The predicted octanol–water partition coefficient (Wildman–Crippen LogP) is 2.62. The first-order valence-electron chi connectivity index (χ1n) is 6.07. The molecule has 0 saturated heterocycles. The molecular formula is C15H16N2OS. The molecule has 2 rings (SSSR count). The highest BCUT2D eigenvalue weighted by Crippen LogP contribution is 2.22. The van der Waals surface area contributed by atoms with Crippen molar-refractivity contribution in [2.24, 2.45) is 0 Å². The summed E-state index contributed by atoms with van der Waals surface area (Å²) in [4.78, 5) is 1.09. The number of thiophene rings is 1. The van der Waals surface area contributed by atoms with Gasteiger partial charge in [-0.2, -0.15) is 5.26 Å². The Balaban J connectivity index is 2.09. The molecule has 4 heteroatoms. The third kappa shape index (κ3) is 3.21. The van der Waals surface area contributed by atoms with Crippen LogP contribution in [0, 0.1) is 11.3 Å². The fraction of sp³-hybridized carbons (Fsp3) is 0.267. The highest BCUT2D eigenvalue weighted by molar-refractivity contribution is 7.10. The van der Waals surface area contributed by atoms with Crippen LogP contribution in [-0.2, 0) is 12.1 Å². The summed E-state index contributed by atoms with van der Waals surface area (Å²) in [5.74, 6) is 0. The smallest absolute Gasteiger partial charge is 0.100 e. The number of hydrogen-bond acceptors (Lipinski definition) is 4. The van der Waals surface area contributed by atoms with Crippen LogP contribution < -0.4 is 5.32 Å². The van der Waals surface area contributed by atoms with Crippen LogP contribution in [-0.4, -0.2) is 11.7 Å². The van der Waals surface area contributed by atoms with E-state index in [1.165, 1.54) is 0 Å². The normalized spacial score (nSPS) is 13.7. The Labute approximate surface area is 117 Å². The standard InChI is InChI=1S/C15H16N2OS/c1-15(11-18,13-5-3-2-4-6-13)17-9-14-7-12(8-16)10-19-14/h2-7,10,17-18H,9,11H2,1H3. The van der Waals surface area contributed by atoms with E-state index in [1.807, 2.05) is 48.7 Å². The van der Waals surface area contributed by atoms with Gasteiger partial charge in [0.1, 0.15) is 6.07 Å². The number of benzene rings is 1. The Morgan fingerprint density at radius 1 is 1.37 bits per heavy atom. The van der Waals surface area contributed by atoms with Gasteiger partial charge in [-0.25, -0.2) is 0 Å². The van der Waals surface area contributed by atoms with Crippen molar-refractivity contribution < 1.29 is 5.11 Å². The second-order valence-corrected chi connectivity index (χ2v) is 5.62. The van der Waals surface area contributed by atoms with Crippen molar-refractivity contribution in [1.29, 1.82) is 5.26 Å². The van der Waals surface area contributed by atoms with E-state index in [0.29, 0.717) is 12.1 Å². The molecule has 0 aliphatic rings. The van der Waals surface area contributed by atoms with E-state index in [2.05, 4.69) is 11.4 Å². The van der Waals surface area contributed by atoms with Crippen molar-refractivity contribution in [1.82, 2.24) is 5.32 Å². The Morgan fingerprint density at radius 3 is 2.68 bits per heavy atom. The molecule has 0 saturated carbocycles. The molecule has 1 aromatic carbocycles. The first kappa shape index (κ1) is 13.8. The van der Waals surface area contributed by atoms with Crippen molar-refractivity contribution >= 4 is 11.3 Å². The molecule has 0 fully saturated rings. The molecule has 2 N–H and O–H groups in total. The van der Waals surface area contributed by atoms with Gasteiger partial charge < -0.3 is 10.4 Å². The fourth-order valence-corrected chi connectivity index (χ4v) is 2.62. The minimum atomic E-state index is -0.474. The summed E-state index contributed by atoms with van der Waals surface area (Å²) in [6, 6.07) is 13.9. The van der Waals surface area contributed by atoms with Crippen LogP contribution in [0.25, 0.3) is 0 Å². The van der Waals surface area contributed by atoms with Crippen LogP contribution in [0.2, 0.25) is 0 Å². The van der Waals surface area contributed by atoms with Crippen LogP contribution in [0.4, 0.5) is 0 Å². The number of rotatable bonds is 5. The number of nitriles is 1. The van der Waals surface area contributed by atoms with Gasteiger partial charge in [0.15, 0.2) is 0 Å². The second-order valence-electron chi connectivity index (χ2n) is 4.62. The second kappa shape index (κ2) is 5.98. The van der Waals surface area contributed by atoms with Gasteiger partial charge >= 0.3 is 0 Å². The van der Waals surface area contributed by atoms with Crippen LogP contribution >= 0.6 is 11.3 Å². The maximum absolute atomic E-state index is 9.66. The van der Waals surface area contributed by atoms with E-state index >= 15 is 0 Å². The molecule has 0 bridgehead atoms. The summed E-state index contributed by atoms with van der Waals surface area (Å²) in [7, 11) is 0. The first-order chi connectivity index (χ1) is 9.18. The van der Waals surface area contributed by atoms with Gasteiger partial charge in [-0.3, -0.25) is 0 Å². The molecule has 0 amide bonds. The van der Waals surface area contributed by atoms with Crippen molar-refractivity contribution in [3.8, 4) is 6.07 Å². The molecule has 1 heterocycles. The zero-order chi connectivity index (χ0) is 13.7. The van der Waals surface area contributed by atoms with Gasteiger partial charge in [-0.15, -0.1) is 11.3 Å². The minimum absolute atomic E-state index is 0.0213. The summed E-state index contributed by atoms with van der Waals surface area (Å²) >= 11 is 1.55. The number of nitrogens with one attached hydrogen (secondary N) is 1. The van der Waals surface area contributed by atoms with Crippen LogP contribution in [0.3, 0.4) is 0 Å². The third-order valence-electron chi connectivity index (χ3n) is 3.16. The maximum Gasteiger partial charge on any atom is 0.100 e. The maximum atomic E-state index is 9.66. The average molecular weight is 272 g/mol. The average Bonchev–Trinajstić information content (AvgIpc) is 2.94. The highest BCUT2D eigenvalue weighted by Gasteiger charge is 2.24. The third-order valence-corrected chi connectivity index (χ3v) is 4.10. The quantitative estimate of drug-likeness (QED) is 0.879. The molecule has 0 radical (unpaired) electrons. The van der Waals surface area contributed by atoms with Crippen molar-refractivity contribution in [2.75, 3.05) is 6.61 Å².